The molecule has 142 heavy (non-hydrogen) atoms. The van der Waals surface area contributed by atoms with Crippen LogP contribution in [0, 0.1) is 17.5 Å². The normalized spacial score (nSPS) is 20.3. The van der Waals surface area contributed by atoms with Crippen LogP contribution in [0.2, 0.25) is 15.1 Å². The number of methoxy groups -OCH3 is 2. The summed E-state index contributed by atoms with van der Waals surface area (Å²) >= 11 is 17.3. The number of ketones is 3. The van der Waals surface area contributed by atoms with Crippen LogP contribution in [0.1, 0.15) is 224 Å². The number of nitrogen functional groups attached to an aromatic ring is 1. The number of halogens is 12. The van der Waals surface area contributed by atoms with Crippen LogP contribution >= 0.6 is 34.8 Å². The van der Waals surface area contributed by atoms with E-state index in [-0.39, 0.29) is 176 Å². The monoisotopic (exact) mass is 2080 g/mol. The Balaban J connectivity index is 0.000000126. The molecule has 8 fully saturated rings. The van der Waals surface area contributed by atoms with Crippen molar-refractivity contribution >= 4 is 128 Å². The molecular formula is C104H104Cl3F9N6O17S3. The number of hydrogen-bond donors (Lipinski definition) is 4. The summed E-state index contributed by atoms with van der Waals surface area (Å²) in [5.41, 5.74) is 12.0. The molecule has 5 N–H and O–H groups in total. The van der Waals surface area contributed by atoms with Gasteiger partial charge in [-0.3, -0.25) is 38.1 Å². The molecule has 23 nitrogen and oxygen atoms in total. The van der Waals surface area contributed by atoms with Gasteiger partial charge in [0.25, 0.3) is 30.1 Å². The number of benzene rings is 9. The Labute approximate surface area is 831 Å². The van der Waals surface area contributed by atoms with Gasteiger partial charge >= 0.3 is 0 Å². The second kappa shape index (κ2) is 39.2. The van der Waals surface area contributed by atoms with Gasteiger partial charge in [0.1, 0.15) is 84.0 Å². The van der Waals surface area contributed by atoms with Gasteiger partial charge in [-0.15, -0.1) is 0 Å². The van der Waals surface area contributed by atoms with E-state index in [1.54, 1.807) is 66.5 Å². The van der Waals surface area contributed by atoms with Crippen molar-refractivity contribution < 1.29 is 117 Å². The summed E-state index contributed by atoms with van der Waals surface area (Å²) in [6.07, 6.45) is 9.52. The molecule has 9 aromatic carbocycles. The number of nitrogens with two attached hydrogens (primary N) is 1. The predicted molar refractivity (Wildman–Crippen MR) is 516 cm³/mol. The first kappa shape index (κ1) is 101. The molecule has 0 atom stereocenters. The second-order valence-electron chi connectivity index (χ2n) is 39.1. The quantitative estimate of drug-likeness (QED) is 0.0341. The molecule has 0 bridgehead atoms. The molecule has 0 saturated heterocycles. The number of alkyl halides is 6. The Morgan fingerprint density at radius 2 is 0.662 bits per heavy atom. The van der Waals surface area contributed by atoms with Gasteiger partial charge in [0.05, 0.1) is 102 Å². The van der Waals surface area contributed by atoms with E-state index in [9.17, 15) is 88.7 Å². The fourth-order valence-electron chi connectivity index (χ4n) is 21.7. The van der Waals surface area contributed by atoms with Gasteiger partial charge in [-0.05, 0) is 239 Å². The SMILES string of the molecule is COc1ccc(CN2C(=O)C3(CCC3)c3cc(N)cc(OC4CCC(F)(F)CC4)c32)cc1.COc1ccc(CN2C(=O)C3(CCC3)c3cc(NS(=O)(=O)c4ccc(Cl)cc4F)cc(OC4CCC(F)(F)CC4)c32)cc1.O=C1CCC(Oc2cc(NS(=O)(=O)c3ccc(Cl)cc3F)cc3c2CC(=O)C32CCC2)CC1.O=C1Cc2c(OC3CCC(F)(F)CC3)cc(NS(=O)(=O)c3ccc(Cl)cc3F)cc2C12CCC2. The molecule has 754 valence electrons. The Kier molecular flexibility index (Phi) is 27.9. The van der Waals surface area contributed by atoms with Gasteiger partial charge in [-0.1, -0.05) is 84.8 Å². The Morgan fingerprint density at radius 3 is 0.972 bits per heavy atom. The lowest BCUT2D eigenvalue weighted by atomic mass is 9.64. The molecule has 0 aromatic heterocycles. The van der Waals surface area contributed by atoms with Gasteiger partial charge in [-0.2, -0.15) is 0 Å². The Morgan fingerprint density at radius 1 is 0.366 bits per heavy atom. The first-order valence-corrected chi connectivity index (χ1v) is 53.2. The van der Waals surface area contributed by atoms with Crippen LogP contribution in [-0.2, 0) is 102 Å². The summed E-state index contributed by atoms with van der Waals surface area (Å²) in [4.78, 5) is 66.9. The number of sulfonamides is 3. The van der Waals surface area contributed by atoms with Crippen molar-refractivity contribution in [2.24, 2.45) is 0 Å². The minimum Gasteiger partial charge on any atom is -0.497 e. The van der Waals surface area contributed by atoms with Crippen molar-refractivity contribution in [1.29, 1.82) is 0 Å². The van der Waals surface area contributed by atoms with Crippen molar-refractivity contribution in [3.8, 4) is 34.5 Å². The third-order valence-electron chi connectivity index (χ3n) is 30.0. The van der Waals surface area contributed by atoms with E-state index >= 15 is 0 Å². The molecule has 2 aliphatic heterocycles. The highest BCUT2D eigenvalue weighted by Crippen LogP contribution is 2.62. The molecule has 10 aliphatic carbocycles. The number of nitrogens with zero attached hydrogens (tertiary/aromatic N) is 2. The number of carbonyl (C=O) groups excluding carboxylic acids is 5. The van der Waals surface area contributed by atoms with E-state index in [0.717, 1.165) is 127 Å². The zero-order chi connectivity index (χ0) is 101. The zero-order valence-corrected chi connectivity index (χ0v) is 82.3. The number of amides is 2. The summed E-state index contributed by atoms with van der Waals surface area (Å²) in [6.45, 7) is 0.623. The average molecular weight is 2080 g/mol. The van der Waals surface area contributed by atoms with Crippen molar-refractivity contribution in [3.63, 3.8) is 0 Å². The Hall–Kier alpha value is -11.0. The fourth-order valence-corrected chi connectivity index (χ4v) is 25.5. The van der Waals surface area contributed by atoms with E-state index in [2.05, 4.69) is 14.2 Å². The maximum Gasteiger partial charge on any atom is 0.264 e. The van der Waals surface area contributed by atoms with Crippen LogP contribution in [0.4, 0.5) is 73.6 Å². The topological polar surface area (TPSA) is 312 Å². The maximum atomic E-state index is 14.6. The summed E-state index contributed by atoms with van der Waals surface area (Å²) in [6, 6.07) is 37.8. The number of Topliss-reactive ketones (excluding diaryl/α,β-unsaturated/α-hetero) is 3. The minimum atomic E-state index is -4.40. The first-order valence-electron chi connectivity index (χ1n) is 47.6. The van der Waals surface area contributed by atoms with Crippen LogP contribution in [-0.4, -0.2) is 111 Å². The summed E-state index contributed by atoms with van der Waals surface area (Å²) in [5.74, 6) is -7.81. The standard InChI is InChI=1S/C31H30ClF3N2O5S.C25H28F2N2O3.C24H23ClF3NO4S.C24H23ClFNO5S/c1-41-22-6-3-19(4-7-22)18-37-28-24(30(29(37)38)11-2-12-30)16-21(17-26(28)42-23-9-13-31(34,35)14-10-23)36-43(39,40)27-8-5-20(32)15-25(27)33;1-31-18-5-3-16(4-6-18)15-29-22-20(24(23(29)30)9-2-10-24)13-17(28)14-21(22)32-19-7-11-25(26,27)12-8-19;25-14-2-3-21(19(26)10-14)34(31,32)29-15-11-18-17(13-22(30)23(18)6-1-7-23)20(12-15)33-16-4-8-24(27,28)9-5-16;25-14-2-7-22(20(26)10-14)33(30,31)27-15-11-19-18(13-23(29)24(19)8-1-9-24)21(12-15)32-17-5-3-16(28)4-6-17/h3-8,15-17,23,36H,2,9-14,18H2,1H3;3-6,13-14,19H,2,7-12,15,28H2,1H3;2-3,10-12,16,29H,1,4-9,13H2;2,7,10-12,17,27H,1,3-6,8-9,13H2. The van der Waals surface area contributed by atoms with E-state index in [0.29, 0.717) is 109 Å². The number of nitrogens with one attached hydrogen (secondary N) is 3. The highest BCUT2D eigenvalue weighted by molar-refractivity contribution is 7.93. The molecule has 21 rings (SSSR count). The lowest BCUT2D eigenvalue weighted by Crippen LogP contribution is -2.44. The van der Waals surface area contributed by atoms with Crippen LogP contribution < -0.4 is 58.1 Å². The van der Waals surface area contributed by atoms with Crippen molar-refractivity contribution in [2.75, 3.05) is 43.9 Å². The first-order chi connectivity index (χ1) is 67.4. The number of carbonyl (C=O) groups is 5. The van der Waals surface area contributed by atoms with Gasteiger partial charge < -0.3 is 44.0 Å². The smallest absolute Gasteiger partial charge is 0.264 e. The predicted octanol–water partition coefficient (Wildman–Crippen LogP) is 22.9. The lowest BCUT2D eigenvalue weighted by Gasteiger charge is -2.38. The lowest BCUT2D eigenvalue weighted by molar-refractivity contribution is -0.126. The van der Waals surface area contributed by atoms with E-state index in [1.165, 1.54) is 30.3 Å². The molecule has 8 saturated carbocycles. The molecule has 9 aromatic rings. The molecule has 4 spiro atoms. The van der Waals surface area contributed by atoms with Crippen molar-refractivity contribution in [2.45, 2.75) is 284 Å². The van der Waals surface area contributed by atoms with Gasteiger partial charge in [0.15, 0.2) is 0 Å². The number of rotatable bonds is 23. The number of fused-ring (bicyclic) bond motifs is 8. The van der Waals surface area contributed by atoms with Crippen LogP contribution in [0.25, 0.3) is 0 Å². The molecule has 0 radical (unpaired) electrons. The number of ether oxygens (including phenoxy) is 6. The molecule has 12 aliphatic rings. The van der Waals surface area contributed by atoms with Crippen molar-refractivity contribution in [3.05, 3.63) is 229 Å². The van der Waals surface area contributed by atoms with Gasteiger partial charge in [0, 0.05) is 120 Å². The van der Waals surface area contributed by atoms with Crippen LogP contribution in [0.15, 0.2) is 166 Å². The molecule has 2 heterocycles. The van der Waals surface area contributed by atoms with E-state index in [1.807, 2.05) is 42.5 Å². The molecule has 2 amide bonds. The third-order valence-corrected chi connectivity index (χ3v) is 35.0. The summed E-state index contributed by atoms with van der Waals surface area (Å²) in [5, 5.41) is 0.203. The summed E-state index contributed by atoms with van der Waals surface area (Å²) in [7, 11) is -9.77. The fraction of sp³-hybridized carbons (Fsp3) is 0.433. The van der Waals surface area contributed by atoms with Crippen LogP contribution in [0.5, 0.6) is 34.5 Å². The largest absolute Gasteiger partial charge is 0.497 e. The Bertz CT molecular complexity index is 6830. The van der Waals surface area contributed by atoms with E-state index in [4.69, 9.17) is 69.0 Å². The van der Waals surface area contributed by atoms with Gasteiger partial charge in [-0.25, -0.2) is 64.8 Å². The average Bonchev–Trinajstić information content (AvgIpc) is 1.56. The number of anilines is 6. The third kappa shape index (κ3) is 20.3. The van der Waals surface area contributed by atoms with Crippen LogP contribution in [0.3, 0.4) is 0 Å². The highest BCUT2D eigenvalue weighted by atomic mass is 35.5. The highest BCUT2D eigenvalue weighted by Gasteiger charge is 2.59. The number of hydrogen-bond acceptors (Lipinski definition) is 18. The van der Waals surface area contributed by atoms with Crippen molar-refractivity contribution in [1.82, 2.24) is 0 Å². The molecule has 0 unspecified atom stereocenters. The maximum absolute atomic E-state index is 14.6. The summed E-state index contributed by atoms with van der Waals surface area (Å²) < 4.78 is 247. The second-order valence-corrected chi connectivity index (χ2v) is 45.4. The zero-order valence-electron chi connectivity index (χ0n) is 77.5. The minimum absolute atomic E-state index is 0.0464. The van der Waals surface area contributed by atoms with E-state index < -0.39 is 114 Å². The van der Waals surface area contributed by atoms with Gasteiger partial charge in [0.2, 0.25) is 29.6 Å². The molecule has 38 heteroatoms. The molecular weight excluding hydrogens is 1980 g/mol.